The average Bonchev–Trinajstić information content (AvgIpc) is 2.62. The lowest BCUT2D eigenvalue weighted by molar-refractivity contribution is 0.102. The number of nitrogens with one attached hydrogen (secondary N) is 1. The molecule has 25 heavy (non-hydrogen) atoms. The van der Waals surface area contributed by atoms with Gasteiger partial charge in [0.05, 0.1) is 5.69 Å². The molecule has 1 N–H and O–H groups in total. The van der Waals surface area contributed by atoms with E-state index in [0.29, 0.717) is 5.82 Å². The van der Waals surface area contributed by atoms with Gasteiger partial charge in [-0.05, 0) is 25.0 Å². The van der Waals surface area contributed by atoms with E-state index in [0.717, 1.165) is 38.1 Å². The molecule has 134 valence electrons. The first kappa shape index (κ1) is 18.7. The molecule has 0 spiro atoms. The zero-order valence-corrected chi connectivity index (χ0v) is 14.0. The Kier molecular flexibility index (Phi) is 6.32. The number of hydrogen-bond acceptors (Lipinski definition) is 4. The summed E-state index contributed by atoms with van der Waals surface area (Å²) >= 11 is 0. The van der Waals surface area contributed by atoms with Crippen molar-refractivity contribution in [3.8, 4) is 0 Å². The fraction of sp³-hybridized carbons (Fsp3) is 0.353. The Labute approximate surface area is 143 Å². The maximum Gasteiger partial charge on any atom is 0.274 e. The average molecular weight is 352 g/mol. The van der Waals surface area contributed by atoms with Gasteiger partial charge in [-0.1, -0.05) is 13.8 Å². The number of hydrogen-bond donors (Lipinski definition) is 1. The standard InChI is InChI=1S/C17H19F3N4O/c1-3-7-24(8-4-2)14-9-13(21-10-22-14)17(25)23-12-6-5-11(18)15(19)16(12)20/h5-6,9-10H,3-4,7-8H2,1-2H3,(H,23,25). The molecule has 2 aromatic rings. The molecule has 0 aliphatic rings. The fourth-order valence-electron chi connectivity index (χ4n) is 2.33. The van der Waals surface area contributed by atoms with Gasteiger partial charge in [0.2, 0.25) is 0 Å². The van der Waals surface area contributed by atoms with Crippen LogP contribution >= 0.6 is 0 Å². The topological polar surface area (TPSA) is 58.1 Å². The molecule has 0 fully saturated rings. The van der Waals surface area contributed by atoms with Crippen LogP contribution in [-0.2, 0) is 0 Å². The van der Waals surface area contributed by atoms with Gasteiger partial charge in [0.15, 0.2) is 17.5 Å². The summed E-state index contributed by atoms with van der Waals surface area (Å²) in [5.74, 6) is -4.58. The highest BCUT2D eigenvalue weighted by molar-refractivity contribution is 6.03. The lowest BCUT2D eigenvalue weighted by atomic mass is 10.2. The Morgan fingerprint density at radius 2 is 1.76 bits per heavy atom. The number of benzene rings is 1. The molecule has 1 heterocycles. The number of amides is 1. The Balaban J connectivity index is 2.22. The van der Waals surface area contributed by atoms with Crippen molar-refractivity contribution < 1.29 is 18.0 Å². The number of aromatic nitrogens is 2. The predicted molar refractivity (Wildman–Crippen MR) is 89.1 cm³/mol. The number of nitrogens with zero attached hydrogens (tertiary/aromatic N) is 3. The fourth-order valence-corrected chi connectivity index (χ4v) is 2.33. The summed E-state index contributed by atoms with van der Waals surface area (Å²) in [6.45, 7) is 5.60. The van der Waals surface area contributed by atoms with Gasteiger partial charge in [-0.15, -0.1) is 0 Å². The van der Waals surface area contributed by atoms with Crippen LogP contribution in [0, 0.1) is 17.5 Å². The van der Waals surface area contributed by atoms with E-state index in [1.807, 2.05) is 18.7 Å². The molecule has 0 radical (unpaired) electrons. The predicted octanol–water partition coefficient (Wildman–Crippen LogP) is 3.77. The third kappa shape index (κ3) is 4.46. The van der Waals surface area contributed by atoms with Gasteiger partial charge in [0.1, 0.15) is 17.8 Å². The van der Waals surface area contributed by atoms with Crippen LogP contribution < -0.4 is 10.2 Å². The lowest BCUT2D eigenvalue weighted by Crippen LogP contribution is -2.26. The van der Waals surface area contributed by atoms with Gasteiger partial charge in [-0.2, -0.15) is 0 Å². The summed E-state index contributed by atoms with van der Waals surface area (Å²) in [5.41, 5.74) is -0.450. The molecule has 1 aromatic heterocycles. The molecule has 5 nitrogen and oxygen atoms in total. The van der Waals surface area contributed by atoms with Crippen LogP contribution in [0.2, 0.25) is 0 Å². The number of rotatable bonds is 7. The van der Waals surface area contributed by atoms with E-state index in [-0.39, 0.29) is 5.69 Å². The highest BCUT2D eigenvalue weighted by Gasteiger charge is 2.17. The van der Waals surface area contributed by atoms with E-state index in [1.165, 1.54) is 12.4 Å². The van der Waals surface area contributed by atoms with Crippen molar-refractivity contribution in [2.75, 3.05) is 23.3 Å². The second-order valence-corrected chi connectivity index (χ2v) is 5.43. The first-order chi connectivity index (χ1) is 12.0. The summed E-state index contributed by atoms with van der Waals surface area (Å²) in [6, 6.07) is 3.18. The first-order valence-corrected chi connectivity index (χ1v) is 7.99. The smallest absolute Gasteiger partial charge is 0.274 e. The molecule has 0 unspecified atom stereocenters. The van der Waals surface area contributed by atoms with Gasteiger partial charge in [0, 0.05) is 19.2 Å². The van der Waals surface area contributed by atoms with E-state index in [4.69, 9.17) is 0 Å². The van der Waals surface area contributed by atoms with E-state index >= 15 is 0 Å². The molecule has 0 saturated heterocycles. The molecule has 0 aliphatic heterocycles. The van der Waals surface area contributed by atoms with Gasteiger partial charge < -0.3 is 10.2 Å². The van der Waals surface area contributed by atoms with Crippen LogP contribution in [0.5, 0.6) is 0 Å². The third-order valence-electron chi connectivity index (χ3n) is 3.48. The minimum Gasteiger partial charge on any atom is -0.357 e. The van der Waals surface area contributed by atoms with Crippen LogP contribution in [0.4, 0.5) is 24.7 Å². The number of carbonyl (C=O) groups is 1. The molecule has 0 saturated carbocycles. The van der Waals surface area contributed by atoms with Crippen molar-refractivity contribution in [1.29, 1.82) is 0 Å². The summed E-state index contributed by atoms with van der Waals surface area (Å²) in [7, 11) is 0. The minimum atomic E-state index is -1.64. The molecular weight excluding hydrogens is 333 g/mol. The molecule has 2 rings (SSSR count). The minimum absolute atomic E-state index is 0.00587. The largest absolute Gasteiger partial charge is 0.357 e. The maximum absolute atomic E-state index is 13.7. The van der Waals surface area contributed by atoms with E-state index in [2.05, 4.69) is 15.3 Å². The Hall–Kier alpha value is -2.64. The van der Waals surface area contributed by atoms with Crippen molar-refractivity contribution in [2.45, 2.75) is 26.7 Å². The second-order valence-electron chi connectivity index (χ2n) is 5.43. The van der Waals surface area contributed by atoms with Crippen molar-refractivity contribution in [2.24, 2.45) is 0 Å². The van der Waals surface area contributed by atoms with Gasteiger partial charge in [-0.25, -0.2) is 23.1 Å². The molecule has 0 bridgehead atoms. The molecular formula is C17H19F3N4O. The third-order valence-corrected chi connectivity index (χ3v) is 3.48. The van der Waals surface area contributed by atoms with Gasteiger partial charge >= 0.3 is 0 Å². The van der Waals surface area contributed by atoms with Crippen LogP contribution in [0.1, 0.15) is 37.2 Å². The number of carbonyl (C=O) groups excluding carboxylic acids is 1. The van der Waals surface area contributed by atoms with Crippen LogP contribution in [-0.4, -0.2) is 29.0 Å². The van der Waals surface area contributed by atoms with Crippen LogP contribution in [0.25, 0.3) is 0 Å². The highest BCUT2D eigenvalue weighted by atomic mass is 19.2. The molecule has 8 heteroatoms. The second kappa shape index (κ2) is 8.46. The quantitative estimate of drug-likeness (QED) is 0.771. The summed E-state index contributed by atoms with van der Waals surface area (Å²) < 4.78 is 39.9. The van der Waals surface area contributed by atoms with Crippen molar-refractivity contribution in [3.63, 3.8) is 0 Å². The number of anilines is 2. The monoisotopic (exact) mass is 352 g/mol. The summed E-state index contributed by atoms with van der Waals surface area (Å²) in [4.78, 5) is 22.3. The normalized spacial score (nSPS) is 10.6. The Bertz CT molecular complexity index is 749. The SMILES string of the molecule is CCCN(CCC)c1cc(C(=O)Nc2ccc(F)c(F)c2F)ncn1. The van der Waals surface area contributed by atoms with Crippen LogP contribution in [0.3, 0.4) is 0 Å². The Morgan fingerprint density at radius 1 is 1.08 bits per heavy atom. The molecule has 0 atom stereocenters. The zero-order chi connectivity index (χ0) is 18.4. The van der Waals surface area contributed by atoms with E-state index in [1.54, 1.807) is 0 Å². The van der Waals surface area contributed by atoms with E-state index < -0.39 is 29.0 Å². The zero-order valence-electron chi connectivity index (χ0n) is 14.0. The summed E-state index contributed by atoms with van der Waals surface area (Å²) in [6.07, 6.45) is 3.06. The van der Waals surface area contributed by atoms with Crippen molar-refractivity contribution in [3.05, 3.63) is 47.7 Å². The van der Waals surface area contributed by atoms with Crippen molar-refractivity contribution in [1.82, 2.24) is 9.97 Å². The van der Waals surface area contributed by atoms with E-state index in [9.17, 15) is 18.0 Å². The number of halogens is 3. The highest BCUT2D eigenvalue weighted by Crippen LogP contribution is 2.20. The first-order valence-electron chi connectivity index (χ1n) is 7.99. The maximum atomic E-state index is 13.7. The lowest BCUT2D eigenvalue weighted by Gasteiger charge is -2.22. The van der Waals surface area contributed by atoms with Gasteiger partial charge in [-0.3, -0.25) is 4.79 Å². The van der Waals surface area contributed by atoms with Gasteiger partial charge in [0.25, 0.3) is 5.91 Å². The molecule has 0 aliphatic carbocycles. The van der Waals surface area contributed by atoms with Crippen LogP contribution in [0.15, 0.2) is 24.5 Å². The van der Waals surface area contributed by atoms with Crippen molar-refractivity contribution >= 4 is 17.4 Å². The summed E-state index contributed by atoms with van der Waals surface area (Å²) in [5, 5.41) is 2.20. The molecule has 1 aromatic carbocycles. The molecule has 1 amide bonds. The Morgan fingerprint density at radius 3 is 2.40 bits per heavy atom.